The minimum atomic E-state index is -5.86. The van der Waals surface area contributed by atoms with Crippen molar-refractivity contribution in [1.29, 1.82) is 0 Å². The molecule has 1 aliphatic heterocycles. The van der Waals surface area contributed by atoms with Crippen LogP contribution >= 0.6 is 0 Å². The number of ether oxygens (including phenoxy) is 3. The van der Waals surface area contributed by atoms with Gasteiger partial charge in [0, 0.05) is 0 Å². The molecule has 1 fully saturated rings. The lowest BCUT2D eigenvalue weighted by Crippen LogP contribution is -2.42. The smallest absolute Gasteiger partial charge is 0.428 e. The molecular formula is C5H3F5O4. The van der Waals surface area contributed by atoms with Crippen molar-refractivity contribution in [2.75, 3.05) is 6.61 Å². The second-order valence-corrected chi connectivity index (χ2v) is 2.24. The number of cyclic esters (lactones) is 2. The monoisotopic (exact) mass is 222 g/mol. The van der Waals surface area contributed by atoms with Crippen molar-refractivity contribution in [3.8, 4) is 0 Å². The van der Waals surface area contributed by atoms with Gasteiger partial charge in [-0.2, -0.15) is 22.0 Å². The van der Waals surface area contributed by atoms with Crippen LogP contribution < -0.4 is 0 Å². The van der Waals surface area contributed by atoms with E-state index in [-0.39, 0.29) is 0 Å². The van der Waals surface area contributed by atoms with Crippen molar-refractivity contribution in [2.24, 2.45) is 0 Å². The maximum absolute atomic E-state index is 12.1. The van der Waals surface area contributed by atoms with Gasteiger partial charge in [0.1, 0.15) is 0 Å². The molecule has 0 aromatic rings. The zero-order valence-electron chi connectivity index (χ0n) is 6.31. The molecule has 0 aromatic carbocycles. The first kappa shape index (κ1) is 11.0. The van der Waals surface area contributed by atoms with Gasteiger partial charge < -0.3 is 9.47 Å². The molecule has 1 rings (SSSR count). The van der Waals surface area contributed by atoms with E-state index in [2.05, 4.69) is 14.2 Å². The van der Waals surface area contributed by atoms with Gasteiger partial charge in [0.25, 0.3) is 0 Å². The van der Waals surface area contributed by atoms with E-state index in [9.17, 15) is 26.7 Å². The zero-order valence-corrected chi connectivity index (χ0v) is 6.31. The van der Waals surface area contributed by atoms with Crippen LogP contribution in [-0.4, -0.2) is 31.3 Å². The summed E-state index contributed by atoms with van der Waals surface area (Å²) in [7, 11) is 0. The number of halogens is 5. The molecule has 1 aliphatic rings. The fourth-order valence-electron chi connectivity index (χ4n) is 0.601. The minimum Gasteiger partial charge on any atom is -0.428 e. The van der Waals surface area contributed by atoms with E-state index in [0.717, 1.165) is 0 Å². The molecule has 0 bridgehead atoms. The molecule has 1 heterocycles. The third kappa shape index (κ3) is 2.22. The van der Waals surface area contributed by atoms with Crippen LogP contribution in [0.15, 0.2) is 0 Å². The lowest BCUT2D eigenvalue weighted by atomic mass is 10.6. The maximum Gasteiger partial charge on any atom is 0.510 e. The summed E-state index contributed by atoms with van der Waals surface area (Å²) in [6.45, 7) is -0.801. The average molecular weight is 222 g/mol. The number of rotatable bonds is 2. The molecule has 9 heteroatoms. The Morgan fingerprint density at radius 3 is 2.21 bits per heavy atom. The van der Waals surface area contributed by atoms with Crippen LogP contribution in [0, 0.1) is 0 Å². The molecular weight excluding hydrogens is 219 g/mol. The normalized spacial score (nSPS) is 23.2. The van der Waals surface area contributed by atoms with Crippen LogP contribution in [0.3, 0.4) is 0 Å². The first-order valence-electron chi connectivity index (χ1n) is 3.18. The summed E-state index contributed by atoms with van der Waals surface area (Å²) in [5.41, 5.74) is 0. The molecule has 14 heavy (non-hydrogen) atoms. The number of alkyl halides is 5. The van der Waals surface area contributed by atoms with Crippen molar-refractivity contribution in [1.82, 2.24) is 0 Å². The third-order valence-corrected chi connectivity index (χ3v) is 1.17. The molecule has 0 radical (unpaired) electrons. The van der Waals surface area contributed by atoms with Crippen LogP contribution in [0.25, 0.3) is 0 Å². The first-order chi connectivity index (χ1) is 6.22. The topological polar surface area (TPSA) is 44.8 Å². The van der Waals surface area contributed by atoms with Crippen LogP contribution in [0.1, 0.15) is 0 Å². The summed E-state index contributed by atoms with van der Waals surface area (Å²) < 4.78 is 69.8. The Morgan fingerprint density at radius 2 is 1.86 bits per heavy atom. The van der Waals surface area contributed by atoms with Gasteiger partial charge in [-0.1, -0.05) is 0 Å². The summed E-state index contributed by atoms with van der Waals surface area (Å²) in [4.78, 5) is 10.1. The Hall–Kier alpha value is -1.12. The summed E-state index contributed by atoms with van der Waals surface area (Å²) in [5.74, 6) is 0. The SMILES string of the molecule is O=C1OCC(OC(F)(F)C(F)(F)F)O1. The molecule has 0 aromatic heterocycles. The molecule has 1 saturated heterocycles. The van der Waals surface area contributed by atoms with Crippen molar-refractivity contribution in [3.63, 3.8) is 0 Å². The summed E-state index contributed by atoms with van der Waals surface area (Å²) >= 11 is 0. The second kappa shape index (κ2) is 3.23. The van der Waals surface area contributed by atoms with Gasteiger partial charge in [0.15, 0.2) is 6.61 Å². The fraction of sp³-hybridized carbons (Fsp3) is 0.800. The van der Waals surface area contributed by atoms with E-state index in [1.165, 1.54) is 0 Å². The van der Waals surface area contributed by atoms with Gasteiger partial charge in [-0.05, 0) is 0 Å². The molecule has 0 amide bonds. The lowest BCUT2D eigenvalue weighted by molar-refractivity contribution is -0.416. The molecule has 0 N–H and O–H groups in total. The average Bonchev–Trinajstić information content (AvgIpc) is 2.31. The third-order valence-electron chi connectivity index (χ3n) is 1.17. The van der Waals surface area contributed by atoms with Crippen LogP contribution in [0.4, 0.5) is 26.7 Å². The Bertz CT molecular complexity index is 237. The van der Waals surface area contributed by atoms with E-state index >= 15 is 0 Å². The van der Waals surface area contributed by atoms with Crippen molar-refractivity contribution in [3.05, 3.63) is 0 Å². The molecule has 0 spiro atoms. The Kier molecular flexibility index (Phi) is 2.52. The molecule has 1 atom stereocenters. The van der Waals surface area contributed by atoms with Crippen molar-refractivity contribution < 1.29 is 41.0 Å². The van der Waals surface area contributed by atoms with Crippen LogP contribution in [-0.2, 0) is 14.2 Å². The second-order valence-electron chi connectivity index (χ2n) is 2.24. The van der Waals surface area contributed by atoms with Crippen LogP contribution in [0.5, 0.6) is 0 Å². The summed E-state index contributed by atoms with van der Waals surface area (Å²) in [5, 5.41) is 0. The molecule has 4 nitrogen and oxygen atoms in total. The molecule has 1 unspecified atom stereocenters. The van der Waals surface area contributed by atoms with Gasteiger partial charge in [0.05, 0.1) is 0 Å². The lowest BCUT2D eigenvalue weighted by Gasteiger charge is -2.20. The highest BCUT2D eigenvalue weighted by atomic mass is 19.4. The van der Waals surface area contributed by atoms with Gasteiger partial charge in [-0.25, -0.2) is 4.79 Å². The van der Waals surface area contributed by atoms with Gasteiger partial charge in [-0.3, -0.25) is 4.74 Å². The van der Waals surface area contributed by atoms with E-state index < -0.39 is 31.3 Å². The number of hydrogen-bond acceptors (Lipinski definition) is 4. The summed E-state index contributed by atoms with van der Waals surface area (Å²) in [6, 6.07) is 0. The Labute approximate surface area is 73.5 Å². The Morgan fingerprint density at radius 1 is 1.29 bits per heavy atom. The highest BCUT2D eigenvalue weighted by Gasteiger charge is 2.61. The quantitative estimate of drug-likeness (QED) is 0.526. The highest BCUT2D eigenvalue weighted by Crippen LogP contribution is 2.37. The number of carbonyl (C=O) groups is 1. The summed E-state index contributed by atoms with van der Waals surface area (Å²) in [6.07, 6.45) is -14.6. The first-order valence-corrected chi connectivity index (χ1v) is 3.18. The van der Waals surface area contributed by atoms with E-state index in [0.29, 0.717) is 0 Å². The van der Waals surface area contributed by atoms with Gasteiger partial charge in [-0.15, -0.1) is 0 Å². The van der Waals surface area contributed by atoms with E-state index in [1.54, 1.807) is 0 Å². The van der Waals surface area contributed by atoms with Gasteiger partial charge in [0.2, 0.25) is 6.29 Å². The van der Waals surface area contributed by atoms with E-state index in [1.807, 2.05) is 0 Å². The Balaban J connectivity index is 2.55. The standard InChI is InChI=1S/C5H3F5O4/c6-4(7,8)5(9,10)14-2-1-12-3(11)13-2/h2H,1H2. The van der Waals surface area contributed by atoms with Crippen LogP contribution in [0.2, 0.25) is 0 Å². The van der Waals surface area contributed by atoms with E-state index in [4.69, 9.17) is 0 Å². The predicted octanol–water partition coefficient (Wildman–Crippen LogP) is 1.65. The largest absolute Gasteiger partial charge is 0.510 e. The molecule has 0 saturated carbocycles. The zero-order chi connectivity index (χ0) is 11.0. The number of hydrogen-bond donors (Lipinski definition) is 0. The van der Waals surface area contributed by atoms with Crippen molar-refractivity contribution in [2.45, 2.75) is 18.6 Å². The van der Waals surface area contributed by atoms with Gasteiger partial charge >= 0.3 is 18.4 Å². The molecule has 0 aliphatic carbocycles. The van der Waals surface area contributed by atoms with Crippen molar-refractivity contribution >= 4 is 6.16 Å². The minimum absolute atomic E-state index is 0.801. The fourth-order valence-corrected chi connectivity index (χ4v) is 0.601. The highest BCUT2D eigenvalue weighted by molar-refractivity contribution is 5.61. The predicted molar refractivity (Wildman–Crippen MR) is 28.3 cm³/mol. The molecule has 82 valence electrons. The maximum atomic E-state index is 12.1. The number of carbonyl (C=O) groups excluding carboxylic acids is 1.